The Bertz CT molecular complexity index is 647. The van der Waals surface area contributed by atoms with Gasteiger partial charge in [0.2, 0.25) is 0 Å². The molecular weight excluding hydrogens is 313 g/mol. The molecule has 2 rings (SSSR count). The van der Waals surface area contributed by atoms with Crippen LogP contribution in [0.15, 0.2) is 24.4 Å². The topological polar surface area (TPSA) is 65.5 Å². The van der Waals surface area contributed by atoms with Crippen molar-refractivity contribution in [3.05, 3.63) is 35.0 Å². The van der Waals surface area contributed by atoms with Gasteiger partial charge in [-0.2, -0.15) is 0 Å². The van der Waals surface area contributed by atoms with Gasteiger partial charge in [0.1, 0.15) is 5.56 Å². The highest BCUT2D eigenvalue weighted by Crippen LogP contribution is 2.28. The maximum Gasteiger partial charge on any atom is 0.339 e. The number of carboxylic acid groups (broad SMARTS) is 1. The lowest BCUT2D eigenvalue weighted by Crippen LogP contribution is -2.21. The Labute approximate surface area is 134 Å². The van der Waals surface area contributed by atoms with E-state index in [1.165, 1.54) is 6.20 Å². The molecule has 1 aromatic carbocycles. The molecule has 5 nitrogen and oxygen atoms in total. The quantitative estimate of drug-likeness (QED) is 0.882. The van der Waals surface area contributed by atoms with Gasteiger partial charge < -0.3 is 15.3 Å². The zero-order valence-electron chi connectivity index (χ0n) is 11.8. The van der Waals surface area contributed by atoms with Crippen LogP contribution in [0.3, 0.4) is 0 Å². The van der Waals surface area contributed by atoms with Crippen LogP contribution in [0.4, 0.5) is 5.69 Å². The van der Waals surface area contributed by atoms with E-state index in [4.69, 9.17) is 11.6 Å². The standard InChI is InChI=1S/C14H16ClN3O2.ClH/c1-18(2)6-5-16-13-10-7-9(15)3-4-12(10)17-8-11(13)14(19)20;/h3-4,7-8H,5-6H2,1-2H3,(H,16,17)(H,19,20);1H. The summed E-state index contributed by atoms with van der Waals surface area (Å²) in [6.07, 6.45) is 1.37. The van der Waals surface area contributed by atoms with E-state index in [-0.39, 0.29) is 18.0 Å². The van der Waals surface area contributed by atoms with Gasteiger partial charge in [-0.1, -0.05) is 11.6 Å². The summed E-state index contributed by atoms with van der Waals surface area (Å²) < 4.78 is 0. The number of pyridine rings is 1. The first kappa shape index (κ1) is 17.5. The molecule has 0 fully saturated rings. The maximum absolute atomic E-state index is 11.3. The molecule has 0 unspecified atom stereocenters. The molecule has 21 heavy (non-hydrogen) atoms. The normalized spacial score (nSPS) is 10.5. The number of carbonyl (C=O) groups is 1. The van der Waals surface area contributed by atoms with Gasteiger partial charge in [-0.3, -0.25) is 4.98 Å². The first-order valence-corrected chi connectivity index (χ1v) is 6.57. The summed E-state index contributed by atoms with van der Waals surface area (Å²) in [5, 5.41) is 13.7. The summed E-state index contributed by atoms with van der Waals surface area (Å²) in [5.74, 6) is -1.01. The lowest BCUT2D eigenvalue weighted by molar-refractivity contribution is 0.0697. The number of nitrogens with one attached hydrogen (secondary N) is 1. The summed E-state index contributed by atoms with van der Waals surface area (Å²) in [4.78, 5) is 17.5. The number of likely N-dealkylation sites (N-methyl/N-ethyl adjacent to an activating group) is 1. The molecule has 0 radical (unpaired) electrons. The lowest BCUT2D eigenvalue weighted by Gasteiger charge is -2.15. The van der Waals surface area contributed by atoms with Crippen molar-refractivity contribution in [2.45, 2.75) is 0 Å². The Hall–Kier alpha value is -1.56. The number of fused-ring (bicyclic) bond motifs is 1. The van der Waals surface area contributed by atoms with Crippen molar-refractivity contribution < 1.29 is 9.90 Å². The van der Waals surface area contributed by atoms with E-state index in [2.05, 4.69) is 10.3 Å². The maximum atomic E-state index is 11.3. The van der Waals surface area contributed by atoms with Crippen molar-refractivity contribution in [3.8, 4) is 0 Å². The van der Waals surface area contributed by atoms with E-state index in [1.807, 2.05) is 19.0 Å². The summed E-state index contributed by atoms with van der Waals surface area (Å²) in [7, 11) is 3.92. The van der Waals surface area contributed by atoms with E-state index in [9.17, 15) is 9.90 Å². The number of hydrogen-bond donors (Lipinski definition) is 2. The van der Waals surface area contributed by atoms with Crippen LogP contribution in [0, 0.1) is 0 Å². The van der Waals surface area contributed by atoms with Crippen LogP contribution < -0.4 is 5.32 Å². The van der Waals surface area contributed by atoms with E-state index in [1.54, 1.807) is 18.2 Å². The summed E-state index contributed by atoms with van der Waals surface area (Å²) in [6.45, 7) is 1.43. The van der Waals surface area contributed by atoms with Crippen molar-refractivity contribution in [1.29, 1.82) is 0 Å². The Morgan fingerprint density at radius 1 is 1.43 bits per heavy atom. The summed E-state index contributed by atoms with van der Waals surface area (Å²) in [6, 6.07) is 5.25. The van der Waals surface area contributed by atoms with Crippen molar-refractivity contribution >= 4 is 46.6 Å². The van der Waals surface area contributed by atoms with Crippen LogP contribution in [0.2, 0.25) is 5.02 Å². The van der Waals surface area contributed by atoms with Crippen LogP contribution in [0.25, 0.3) is 10.9 Å². The number of halogens is 2. The summed E-state index contributed by atoms with van der Waals surface area (Å²) in [5.41, 5.74) is 1.43. The van der Waals surface area contributed by atoms with Gasteiger partial charge in [-0.25, -0.2) is 4.79 Å². The Morgan fingerprint density at radius 2 is 2.14 bits per heavy atom. The molecule has 0 aliphatic rings. The third-order valence-electron chi connectivity index (χ3n) is 2.92. The highest BCUT2D eigenvalue weighted by molar-refractivity contribution is 6.31. The molecule has 2 aromatic rings. The van der Waals surface area contributed by atoms with E-state index in [0.717, 1.165) is 11.9 Å². The third-order valence-corrected chi connectivity index (χ3v) is 3.16. The third kappa shape index (κ3) is 4.20. The lowest BCUT2D eigenvalue weighted by atomic mass is 10.1. The zero-order chi connectivity index (χ0) is 14.7. The number of aromatic nitrogens is 1. The fraction of sp³-hybridized carbons (Fsp3) is 0.286. The molecule has 0 amide bonds. The second-order valence-electron chi connectivity index (χ2n) is 4.74. The van der Waals surface area contributed by atoms with Crippen molar-refractivity contribution in [3.63, 3.8) is 0 Å². The van der Waals surface area contributed by atoms with Crippen molar-refractivity contribution in [2.24, 2.45) is 0 Å². The molecular formula is C14H17Cl2N3O2. The van der Waals surface area contributed by atoms with Gasteiger partial charge in [0.15, 0.2) is 0 Å². The first-order valence-electron chi connectivity index (χ1n) is 6.19. The number of rotatable bonds is 5. The number of aromatic carboxylic acids is 1. The van der Waals surface area contributed by atoms with Gasteiger partial charge in [-0.05, 0) is 32.3 Å². The van der Waals surface area contributed by atoms with Gasteiger partial charge in [-0.15, -0.1) is 12.4 Å². The molecule has 2 N–H and O–H groups in total. The molecule has 0 atom stereocenters. The van der Waals surface area contributed by atoms with E-state index >= 15 is 0 Å². The second kappa shape index (κ2) is 7.45. The highest BCUT2D eigenvalue weighted by Gasteiger charge is 2.14. The van der Waals surface area contributed by atoms with Gasteiger partial charge in [0, 0.05) is 29.7 Å². The van der Waals surface area contributed by atoms with Gasteiger partial charge in [0.25, 0.3) is 0 Å². The minimum Gasteiger partial charge on any atom is -0.478 e. The highest BCUT2D eigenvalue weighted by atomic mass is 35.5. The smallest absolute Gasteiger partial charge is 0.339 e. The molecule has 1 aromatic heterocycles. The van der Waals surface area contributed by atoms with E-state index in [0.29, 0.717) is 22.8 Å². The fourth-order valence-corrected chi connectivity index (χ4v) is 2.09. The van der Waals surface area contributed by atoms with E-state index < -0.39 is 5.97 Å². The molecule has 0 bridgehead atoms. The molecule has 0 saturated heterocycles. The number of benzene rings is 1. The van der Waals surface area contributed by atoms with Crippen LogP contribution >= 0.6 is 24.0 Å². The predicted molar refractivity (Wildman–Crippen MR) is 88.0 cm³/mol. The number of nitrogens with zero attached hydrogens (tertiary/aromatic N) is 2. The van der Waals surface area contributed by atoms with Gasteiger partial charge in [0.05, 0.1) is 11.2 Å². The molecule has 0 saturated carbocycles. The van der Waals surface area contributed by atoms with Crippen molar-refractivity contribution in [1.82, 2.24) is 9.88 Å². The average molecular weight is 330 g/mol. The molecule has 0 aliphatic heterocycles. The molecule has 0 aliphatic carbocycles. The largest absolute Gasteiger partial charge is 0.478 e. The second-order valence-corrected chi connectivity index (χ2v) is 5.18. The minimum absolute atomic E-state index is 0. The minimum atomic E-state index is -1.01. The van der Waals surface area contributed by atoms with Crippen molar-refractivity contribution in [2.75, 3.05) is 32.5 Å². The average Bonchev–Trinajstić information content (AvgIpc) is 2.38. The van der Waals surface area contributed by atoms with Crippen LogP contribution in [0.1, 0.15) is 10.4 Å². The fourth-order valence-electron chi connectivity index (χ4n) is 1.92. The number of hydrogen-bond acceptors (Lipinski definition) is 4. The number of carboxylic acids is 1. The zero-order valence-corrected chi connectivity index (χ0v) is 13.3. The molecule has 0 spiro atoms. The first-order chi connectivity index (χ1) is 9.49. The van der Waals surface area contributed by atoms with Crippen LogP contribution in [-0.4, -0.2) is 48.1 Å². The van der Waals surface area contributed by atoms with Gasteiger partial charge >= 0.3 is 5.97 Å². The van der Waals surface area contributed by atoms with Crippen LogP contribution in [0.5, 0.6) is 0 Å². The SMILES string of the molecule is CN(C)CCNc1c(C(=O)O)cnc2ccc(Cl)cc12.Cl. The number of anilines is 1. The molecule has 1 heterocycles. The predicted octanol–water partition coefficient (Wildman–Crippen LogP) is 2.98. The van der Waals surface area contributed by atoms with Crippen LogP contribution in [-0.2, 0) is 0 Å². The monoisotopic (exact) mass is 329 g/mol. The Balaban J connectivity index is 0.00000220. The molecule has 114 valence electrons. The Morgan fingerprint density at radius 3 is 2.76 bits per heavy atom. The molecule has 7 heteroatoms. The Kier molecular flexibility index (Phi) is 6.20. The summed E-state index contributed by atoms with van der Waals surface area (Å²) >= 11 is 6.00.